The summed E-state index contributed by atoms with van der Waals surface area (Å²) in [6.07, 6.45) is 0.158. The van der Waals surface area contributed by atoms with E-state index in [1.165, 1.54) is 6.92 Å². The highest BCUT2D eigenvalue weighted by Crippen LogP contribution is 2.13. The van der Waals surface area contributed by atoms with Crippen molar-refractivity contribution in [1.82, 2.24) is 5.32 Å². The fourth-order valence-electron chi connectivity index (χ4n) is 1.71. The summed E-state index contributed by atoms with van der Waals surface area (Å²) in [6.45, 7) is 1.50. The second-order valence-electron chi connectivity index (χ2n) is 4.55. The molecule has 6 nitrogen and oxygen atoms in total. The minimum absolute atomic E-state index is 0.0656. The second-order valence-corrected chi connectivity index (χ2v) is 6.78. The molecule has 0 aromatic rings. The average molecular weight is 251 g/mol. The lowest BCUT2D eigenvalue weighted by Crippen LogP contribution is -2.44. The number of carboxylic acid groups (broad SMARTS) is 1. The van der Waals surface area contributed by atoms with Crippen LogP contribution in [0.2, 0.25) is 0 Å². The van der Waals surface area contributed by atoms with Crippen LogP contribution in [-0.4, -0.2) is 54.3 Å². The standard InChI is InChI=1S/C9H17NO5S/c1-9(13,4-8(11)12)6-10-7-2-3-16(14,15)5-7/h7,10,13H,2-6H2,1H3,(H,11,12). The maximum atomic E-state index is 11.1. The molecule has 0 radical (unpaired) electrons. The fraction of sp³-hybridized carbons (Fsp3) is 0.889. The third kappa shape index (κ3) is 4.46. The van der Waals surface area contributed by atoms with Crippen molar-refractivity contribution in [2.45, 2.75) is 31.4 Å². The summed E-state index contributed by atoms with van der Waals surface area (Å²) in [5, 5.41) is 21.1. The molecule has 1 fully saturated rings. The Bertz CT molecular complexity index is 362. The van der Waals surface area contributed by atoms with Crippen molar-refractivity contribution in [3.8, 4) is 0 Å². The predicted octanol–water partition coefficient (Wildman–Crippen LogP) is -1.01. The number of aliphatic hydroxyl groups is 1. The lowest BCUT2D eigenvalue weighted by molar-refractivity contribution is -0.141. The summed E-state index contributed by atoms with van der Waals surface area (Å²) < 4.78 is 22.3. The molecule has 0 aromatic heterocycles. The predicted molar refractivity (Wildman–Crippen MR) is 57.9 cm³/mol. The Morgan fingerprint density at radius 1 is 1.56 bits per heavy atom. The van der Waals surface area contributed by atoms with E-state index in [0.717, 1.165) is 0 Å². The van der Waals surface area contributed by atoms with E-state index in [4.69, 9.17) is 5.11 Å². The van der Waals surface area contributed by atoms with E-state index in [-0.39, 0.29) is 30.5 Å². The Labute approximate surface area is 94.6 Å². The molecule has 1 heterocycles. The molecule has 7 heteroatoms. The Kier molecular flexibility index (Phi) is 3.92. The largest absolute Gasteiger partial charge is 0.481 e. The molecule has 3 N–H and O–H groups in total. The molecule has 0 bridgehead atoms. The first kappa shape index (κ1) is 13.4. The zero-order valence-electron chi connectivity index (χ0n) is 9.14. The Hall–Kier alpha value is -0.660. The van der Waals surface area contributed by atoms with E-state index in [1.54, 1.807) is 0 Å². The number of carbonyl (C=O) groups is 1. The topological polar surface area (TPSA) is 104 Å². The van der Waals surface area contributed by atoms with Gasteiger partial charge in [-0.2, -0.15) is 0 Å². The van der Waals surface area contributed by atoms with E-state index >= 15 is 0 Å². The third-order valence-electron chi connectivity index (χ3n) is 2.54. The number of rotatable bonds is 5. The van der Waals surface area contributed by atoms with Crippen LogP contribution < -0.4 is 5.32 Å². The van der Waals surface area contributed by atoms with Crippen LogP contribution in [0.1, 0.15) is 19.8 Å². The monoisotopic (exact) mass is 251 g/mol. The normalized spacial score (nSPS) is 27.5. The lowest BCUT2D eigenvalue weighted by Gasteiger charge is -2.23. The van der Waals surface area contributed by atoms with Gasteiger partial charge in [0.2, 0.25) is 0 Å². The van der Waals surface area contributed by atoms with Crippen LogP contribution in [0.5, 0.6) is 0 Å². The van der Waals surface area contributed by atoms with Crippen molar-refractivity contribution >= 4 is 15.8 Å². The van der Waals surface area contributed by atoms with Gasteiger partial charge in [-0.3, -0.25) is 4.79 Å². The smallest absolute Gasteiger partial charge is 0.306 e. The van der Waals surface area contributed by atoms with Crippen molar-refractivity contribution in [1.29, 1.82) is 0 Å². The van der Waals surface area contributed by atoms with Gasteiger partial charge >= 0.3 is 5.97 Å². The molecule has 0 amide bonds. The highest BCUT2D eigenvalue weighted by Gasteiger charge is 2.30. The average Bonchev–Trinajstić information content (AvgIpc) is 2.40. The molecule has 1 rings (SSSR count). The van der Waals surface area contributed by atoms with Gasteiger partial charge in [0.15, 0.2) is 9.84 Å². The SMILES string of the molecule is CC(O)(CNC1CCS(=O)(=O)C1)CC(=O)O. The zero-order valence-corrected chi connectivity index (χ0v) is 9.96. The summed E-state index contributed by atoms with van der Waals surface area (Å²) in [5.74, 6) is -0.854. The minimum Gasteiger partial charge on any atom is -0.481 e. The van der Waals surface area contributed by atoms with E-state index < -0.39 is 21.4 Å². The van der Waals surface area contributed by atoms with Crippen LogP contribution in [0.15, 0.2) is 0 Å². The Balaban J connectivity index is 2.38. The van der Waals surface area contributed by atoms with E-state index in [9.17, 15) is 18.3 Å². The summed E-state index contributed by atoms with van der Waals surface area (Å²) in [7, 11) is -2.95. The molecule has 94 valence electrons. The number of hydrogen-bond donors (Lipinski definition) is 3. The summed E-state index contributed by atoms with van der Waals surface area (Å²) >= 11 is 0. The van der Waals surface area contributed by atoms with Crippen molar-refractivity contribution in [3.05, 3.63) is 0 Å². The molecule has 0 spiro atoms. The minimum atomic E-state index is -2.95. The van der Waals surface area contributed by atoms with Crippen molar-refractivity contribution in [3.63, 3.8) is 0 Å². The molecular formula is C9H17NO5S. The Morgan fingerprint density at radius 3 is 2.62 bits per heavy atom. The number of hydrogen-bond acceptors (Lipinski definition) is 5. The van der Waals surface area contributed by atoms with Gasteiger partial charge in [-0.1, -0.05) is 0 Å². The van der Waals surface area contributed by atoms with Gasteiger partial charge in [0.1, 0.15) is 0 Å². The van der Waals surface area contributed by atoms with E-state index in [1.807, 2.05) is 0 Å². The molecule has 0 aliphatic carbocycles. The molecule has 1 aliphatic heterocycles. The van der Waals surface area contributed by atoms with Crippen LogP contribution in [-0.2, 0) is 14.6 Å². The van der Waals surface area contributed by atoms with Crippen LogP contribution >= 0.6 is 0 Å². The molecule has 0 saturated carbocycles. The highest BCUT2D eigenvalue weighted by molar-refractivity contribution is 7.91. The quantitative estimate of drug-likeness (QED) is 0.578. The molecule has 1 aliphatic rings. The summed E-state index contributed by atoms with van der Waals surface area (Å²) in [5.41, 5.74) is -1.35. The van der Waals surface area contributed by atoms with E-state index in [0.29, 0.717) is 6.42 Å². The van der Waals surface area contributed by atoms with Gasteiger partial charge in [0.05, 0.1) is 23.5 Å². The molecule has 2 unspecified atom stereocenters. The first-order valence-corrected chi connectivity index (χ1v) is 6.90. The highest BCUT2D eigenvalue weighted by atomic mass is 32.2. The van der Waals surface area contributed by atoms with Gasteiger partial charge < -0.3 is 15.5 Å². The molecule has 2 atom stereocenters. The maximum Gasteiger partial charge on any atom is 0.306 e. The van der Waals surface area contributed by atoms with Crippen LogP contribution in [0.3, 0.4) is 0 Å². The summed E-state index contributed by atoms with van der Waals surface area (Å²) in [6, 6.07) is -0.176. The van der Waals surface area contributed by atoms with Gasteiger partial charge in [-0.05, 0) is 13.3 Å². The van der Waals surface area contributed by atoms with Crippen LogP contribution in [0.25, 0.3) is 0 Å². The zero-order chi connectivity index (χ0) is 12.4. The lowest BCUT2D eigenvalue weighted by atomic mass is 10.0. The molecule has 1 saturated heterocycles. The van der Waals surface area contributed by atoms with Gasteiger partial charge in [0, 0.05) is 12.6 Å². The third-order valence-corrected chi connectivity index (χ3v) is 4.30. The first-order chi connectivity index (χ1) is 7.20. The molecule has 0 aromatic carbocycles. The van der Waals surface area contributed by atoms with E-state index in [2.05, 4.69) is 5.32 Å². The number of sulfone groups is 1. The number of nitrogens with one attached hydrogen (secondary N) is 1. The van der Waals surface area contributed by atoms with Crippen LogP contribution in [0.4, 0.5) is 0 Å². The summed E-state index contributed by atoms with van der Waals surface area (Å²) in [4.78, 5) is 10.4. The van der Waals surface area contributed by atoms with Gasteiger partial charge in [0.25, 0.3) is 0 Å². The number of carboxylic acids is 1. The maximum absolute atomic E-state index is 11.1. The van der Waals surface area contributed by atoms with Gasteiger partial charge in [-0.25, -0.2) is 8.42 Å². The number of aliphatic carboxylic acids is 1. The fourth-order valence-corrected chi connectivity index (χ4v) is 3.42. The first-order valence-electron chi connectivity index (χ1n) is 5.08. The van der Waals surface area contributed by atoms with Crippen molar-refractivity contribution in [2.75, 3.05) is 18.1 Å². The van der Waals surface area contributed by atoms with Gasteiger partial charge in [-0.15, -0.1) is 0 Å². The van der Waals surface area contributed by atoms with Crippen molar-refractivity contribution < 1.29 is 23.4 Å². The second kappa shape index (κ2) is 4.68. The molecule has 16 heavy (non-hydrogen) atoms. The van der Waals surface area contributed by atoms with Crippen molar-refractivity contribution in [2.24, 2.45) is 0 Å². The molecular weight excluding hydrogens is 234 g/mol. The Morgan fingerprint density at radius 2 is 2.19 bits per heavy atom. The van der Waals surface area contributed by atoms with Crippen LogP contribution in [0, 0.1) is 0 Å².